The summed E-state index contributed by atoms with van der Waals surface area (Å²) in [5, 5.41) is 17.5. The van der Waals surface area contributed by atoms with E-state index in [1.807, 2.05) is 13.8 Å². The molecule has 0 unspecified atom stereocenters. The van der Waals surface area contributed by atoms with Gasteiger partial charge in [0.1, 0.15) is 5.82 Å². The molecule has 0 saturated carbocycles. The van der Waals surface area contributed by atoms with Crippen LogP contribution in [0.2, 0.25) is 0 Å². The van der Waals surface area contributed by atoms with Gasteiger partial charge in [-0.2, -0.15) is 5.10 Å². The molecule has 9 heteroatoms. The second-order valence-electron chi connectivity index (χ2n) is 5.76. The number of hydrogen-bond acceptors (Lipinski definition) is 6. The van der Waals surface area contributed by atoms with Crippen LogP contribution < -0.4 is 5.32 Å². The van der Waals surface area contributed by atoms with Crippen LogP contribution in [0.1, 0.15) is 43.6 Å². The van der Waals surface area contributed by atoms with E-state index in [2.05, 4.69) is 10.4 Å². The third-order valence-corrected chi connectivity index (χ3v) is 3.90. The molecular weight excluding hydrogens is 340 g/mol. The third kappa shape index (κ3) is 4.44. The topological polar surface area (TPSA) is 116 Å². The standard InChI is InChI=1S/C17H20N4O5/c1-4-11(2)20-15(9-10-18-20)19-16(22)12(3)26-17(23)13-5-7-14(8-6-13)21(24)25/h5-12H,4H2,1-3H3,(H,19,22)/t11-,12-/m0/s1. The van der Waals surface area contributed by atoms with Crippen LogP contribution >= 0.6 is 0 Å². The number of nitrogens with one attached hydrogen (secondary N) is 1. The van der Waals surface area contributed by atoms with Gasteiger partial charge in [-0.25, -0.2) is 9.48 Å². The van der Waals surface area contributed by atoms with Gasteiger partial charge in [0.15, 0.2) is 6.10 Å². The van der Waals surface area contributed by atoms with Gasteiger partial charge in [-0.05, 0) is 32.4 Å². The fraction of sp³-hybridized carbons (Fsp3) is 0.353. The summed E-state index contributed by atoms with van der Waals surface area (Å²) in [7, 11) is 0. The van der Waals surface area contributed by atoms with E-state index in [9.17, 15) is 19.7 Å². The lowest BCUT2D eigenvalue weighted by atomic mass is 10.2. The van der Waals surface area contributed by atoms with E-state index in [1.165, 1.54) is 31.2 Å². The van der Waals surface area contributed by atoms with Gasteiger partial charge in [-0.3, -0.25) is 14.9 Å². The number of non-ortho nitro benzene ring substituents is 1. The van der Waals surface area contributed by atoms with Crippen molar-refractivity contribution < 1.29 is 19.2 Å². The highest BCUT2D eigenvalue weighted by atomic mass is 16.6. The zero-order valence-electron chi connectivity index (χ0n) is 14.7. The molecular formula is C17H20N4O5. The molecule has 2 aromatic rings. The summed E-state index contributed by atoms with van der Waals surface area (Å²) >= 11 is 0. The van der Waals surface area contributed by atoms with Crippen LogP contribution in [-0.2, 0) is 9.53 Å². The lowest BCUT2D eigenvalue weighted by Crippen LogP contribution is -2.31. The number of hydrogen-bond donors (Lipinski definition) is 1. The lowest BCUT2D eigenvalue weighted by Gasteiger charge is -2.17. The van der Waals surface area contributed by atoms with Gasteiger partial charge in [-0.15, -0.1) is 0 Å². The Balaban J connectivity index is 1.99. The van der Waals surface area contributed by atoms with Gasteiger partial charge < -0.3 is 10.1 Å². The van der Waals surface area contributed by atoms with Gasteiger partial charge in [0, 0.05) is 18.2 Å². The predicted molar refractivity (Wildman–Crippen MR) is 93.8 cm³/mol. The molecule has 9 nitrogen and oxygen atoms in total. The Labute approximate surface area is 150 Å². The van der Waals surface area contributed by atoms with Crippen LogP contribution in [0.15, 0.2) is 36.5 Å². The number of nitro benzene ring substituents is 1. The van der Waals surface area contributed by atoms with Crippen molar-refractivity contribution in [2.75, 3.05) is 5.32 Å². The molecule has 0 bridgehead atoms. The van der Waals surface area contributed by atoms with Crippen molar-refractivity contribution in [1.82, 2.24) is 9.78 Å². The van der Waals surface area contributed by atoms with Gasteiger partial charge in [-0.1, -0.05) is 6.92 Å². The molecule has 0 aliphatic carbocycles. The first-order valence-electron chi connectivity index (χ1n) is 8.13. The summed E-state index contributed by atoms with van der Waals surface area (Å²) in [6, 6.07) is 6.73. The molecule has 0 aliphatic heterocycles. The zero-order valence-corrected chi connectivity index (χ0v) is 14.7. The molecule has 0 spiro atoms. The number of benzene rings is 1. The Morgan fingerprint density at radius 3 is 2.50 bits per heavy atom. The normalized spacial score (nSPS) is 12.9. The molecule has 1 heterocycles. The van der Waals surface area contributed by atoms with Crippen molar-refractivity contribution in [3.63, 3.8) is 0 Å². The highest BCUT2D eigenvalue weighted by Crippen LogP contribution is 2.17. The molecule has 1 N–H and O–H groups in total. The van der Waals surface area contributed by atoms with Crippen LogP contribution in [-0.4, -0.2) is 32.7 Å². The Kier molecular flexibility index (Phi) is 6.05. The summed E-state index contributed by atoms with van der Waals surface area (Å²) in [4.78, 5) is 34.4. The average molecular weight is 360 g/mol. The minimum atomic E-state index is -1.04. The van der Waals surface area contributed by atoms with Gasteiger partial charge in [0.05, 0.1) is 22.7 Å². The van der Waals surface area contributed by atoms with Crippen LogP contribution in [0.4, 0.5) is 11.5 Å². The molecule has 138 valence electrons. The van der Waals surface area contributed by atoms with E-state index >= 15 is 0 Å². The van der Waals surface area contributed by atoms with Gasteiger partial charge >= 0.3 is 5.97 Å². The number of carbonyl (C=O) groups excluding carboxylic acids is 2. The second-order valence-corrected chi connectivity index (χ2v) is 5.76. The molecule has 0 saturated heterocycles. The van der Waals surface area contributed by atoms with Crippen molar-refractivity contribution in [2.45, 2.75) is 39.3 Å². The van der Waals surface area contributed by atoms with Crippen molar-refractivity contribution in [1.29, 1.82) is 0 Å². The quantitative estimate of drug-likeness (QED) is 0.461. The fourth-order valence-corrected chi connectivity index (χ4v) is 2.17. The van der Waals surface area contributed by atoms with Crippen molar-refractivity contribution in [3.05, 3.63) is 52.2 Å². The SMILES string of the molecule is CC[C@H](C)n1nccc1NC(=O)[C@H](C)OC(=O)c1ccc([N+](=O)[O-])cc1. The number of rotatable bonds is 7. The first-order valence-corrected chi connectivity index (χ1v) is 8.13. The lowest BCUT2D eigenvalue weighted by molar-refractivity contribution is -0.384. The van der Waals surface area contributed by atoms with Crippen LogP contribution in [0.3, 0.4) is 0 Å². The smallest absolute Gasteiger partial charge is 0.338 e. The van der Waals surface area contributed by atoms with Crippen molar-refractivity contribution >= 4 is 23.4 Å². The monoisotopic (exact) mass is 360 g/mol. The molecule has 2 rings (SSSR count). The number of ether oxygens (including phenoxy) is 1. The first kappa shape index (κ1) is 19.1. The van der Waals surface area contributed by atoms with E-state index in [-0.39, 0.29) is 17.3 Å². The molecule has 26 heavy (non-hydrogen) atoms. The highest BCUT2D eigenvalue weighted by Gasteiger charge is 2.21. The minimum absolute atomic E-state index is 0.110. The van der Waals surface area contributed by atoms with E-state index in [4.69, 9.17) is 4.74 Å². The zero-order chi connectivity index (χ0) is 19.3. The maximum Gasteiger partial charge on any atom is 0.338 e. The van der Waals surface area contributed by atoms with Gasteiger partial charge in [0.25, 0.3) is 11.6 Å². The van der Waals surface area contributed by atoms with Crippen molar-refractivity contribution in [2.24, 2.45) is 0 Å². The van der Waals surface area contributed by atoms with Crippen LogP contribution in [0.25, 0.3) is 0 Å². The number of anilines is 1. The number of nitrogens with zero attached hydrogens (tertiary/aromatic N) is 3. The Morgan fingerprint density at radius 1 is 1.27 bits per heavy atom. The van der Waals surface area contributed by atoms with E-state index in [0.29, 0.717) is 5.82 Å². The average Bonchev–Trinajstić information content (AvgIpc) is 3.09. The first-order chi connectivity index (χ1) is 12.3. The number of esters is 1. The van der Waals surface area contributed by atoms with E-state index in [1.54, 1.807) is 16.9 Å². The molecule has 1 aromatic carbocycles. The van der Waals surface area contributed by atoms with Crippen LogP contribution in [0, 0.1) is 10.1 Å². The number of amides is 1. The minimum Gasteiger partial charge on any atom is -0.449 e. The van der Waals surface area contributed by atoms with Crippen molar-refractivity contribution in [3.8, 4) is 0 Å². The number of carbonyl (C=O) groups is 2. The highest BCUT2D eigenvalue weighted by molar-refractivity contribution is 5.96. The Bertz CT molecular complexity index is 800. The summed E-state index contributed by atoms with van der Waals surface area (Å²) in [6.07, 6.45) is 1.38. The molecule has 0 radical (unpaired) electrons. The molecule has 2 atom stereocenters. The summed E-state index contributed by atoms with van der Waals surface area (Å²) < 4.78 is 6.81. The number of aromatic nitrogens is 2. The Morgan fingerprint density at radius 2 is 1.92 bits per heavy atom. The third-order valence-electron chi connectivity index (χ3n) is 3.90. The summed E-state index contributed by atoms with van der Waals surface area (Å²) in [5.41, 5.74) is -0.00876. The maximum atomic E-state index is 12.3. The maximum absolute atomic E-state index is 12.3. The molecule has 1 aromatic heterocycles. The van der Waals surface area contributed by atoms with Gasteiger partial charge in [0.2, 0.25) is 0 Å². The molecule has 0 fully saturated rings. The van der Waals surface area contributed by atoms with E-state index in [0.717, 1.165) is 6.42 Å². The molecule has 0 aliphatic rings. The summed E-state index contributed by atoms with van der Waals surface area (Å²) in [6.45, 7) is 5.43. The van der Waals surface area contributed by atoms with Crippen LogP contribution in [0.5, 0.6) is 0 Å². The fourth-order valence-electron chi connectivity index (χ4n) is 2.17. The van der Waals surface area contributed by atoms with E-state index < -0.39 is 22.9 Å². The Hall–Kier alpha value is -3.23. The largest absolute Gasteiger partial charge is 0.449 e. The number of nitro groups is 1. The second kappa shape index (κ2) is 8.24. The molecule has 1 amide bonds. The summed E-state index contributed by atoms with van der Waals surface area (Å²) in [5.74, 6) is -0.717. The predicted octanol–water partition coefficient (Wildman–Crippen LogP) is 2.95.